The molecule has 3 aromatic rings. The Kier molecular flexibility index (Phi) is 3.02. The smallest absolute Gasteiger partial charge is 0.160 e. The topological polar surface area (TPSA) is 71.2 Å². The molecule has 0 aliphatic rings. The predicted molar refractivity (Wildman–Crippen MR) is 70.0 cm³/mol. The summed E-state index contributed by atoms with van der Waals surface area (Å²) < 4.78 is 27.4. The number of aromatic hydroxyl groups is 2. The van der Waals surface area contributed by atoms with Gasteiger partial charge in [0.15, 0.2) is 23.1 Å². The van der Waals surface area contributed by atoms with Crippen LogP contribution >= 0.6 is 0 Å². The van der Waals surface area contributed by atoms with Crippen molar-refractivity contribution >= 4 is 0 Å². The second-order valence-corrected chi connectivity index (χ2v) is 4.35. The van der Waals surface area contributed by atoms with Gasteiger partial charge in [-0.25, -0.2) is 13.5 Å². The first-order valence-electron chi connectivity index (χ1n) is 5.95. The maximum absolute atomic E-state index is 13.2. The number of hydrogen-bond acceptors (Lipinski definition) is 4. The Morgan fingerprint density at radius 1 is 0.905 bits per heavy atom. The van der Waals surface area contributed by atoms with Crippen molar-refractivity contribution in [3.8, 4) is 28.4 Å². The second-order valence-electron chi connectivity index (χ2n) is 4.35. The van der Waals surface area contributed by atoms with Crippen LogP contribution in [0.25, 0.3) is 16.9 Å². The van der Waals surface area contributed by atoms with Crippen LogP contribution in [0.1, 0.15) is 0 Å². The third-order valence-corrected chi connectivity index (χ3v) is 2.93. The van der Waals surface area contributed by atoms with Crippen molar-refractivity contribution in [3.63, 3.8) is 0 Å². The molecule has 0 unspecified atom stereocenters. The lowest BCUT2D eigenvalue weighted by Gasteiger charge is -2.01. The summed E-state index contributed by atoms with van der Waals surface area (Å²) in [6.45, 7) is 0. The monoisotopic (exact) mass is 289 g/mol. The van der Waals surface area contributed by atoms with E-state index in [1.165, 1.54) is 29.1 Å². The average molecular weight is 289 g/mol. The van der Waals surface area contributed by atoms with Gasteiger partial charge in [0.05, 0.1) is 11.9 Å². The normalized spacial score (nSPS) is 10.8. The minimum absolute atomic E-state index is 0.244. The van der Waals surface area contributed by atoms with Crippen LogP contribution < -0.4 is 0 Å². The van der Waals surface area contributed by atoms with E-state index in [4.69, 9.17) is 0 Å². The summed E-state index contributed by atoms with van der Waals surface area (Å²) in [6.07, 6.45) is 1.50. The average Bonchev–Trinajstić information content (AvgIpc) is 2.94. The first-order chi connectivity index (χ1) is 10.0. The molecule has 0 aliphatic carbocycles. The quantitative estimate of drug-likeness (QED) is 0.711. The first-order valence-corrected chi connectivity index (χ1v) is 5.95. The van der Waals surface area contributed by atoms with Crippen molar-refractivity contribution in [1.29, 1.82) is 0 Å². The summed E-state index contributed by atoms with van der Waals surface area (Å²) in [6, 6.07) is 7.57. The molecule has 0 bridgehead atoms. The molecule has 0 saturated heterocycles. The molecule has 1 aromatic heterocycles. The van der Waals surface area contributed by atoms with E-state index in [0.717, 1.165) is 12.1 Å². The number of rotatable bonds is 2. The Hall–Kier alpha value is -2.96. The highest BCUT2D eigenvalue weighted by atomic mass is 19.2. The molecule has 3 rings (SSSR count). The van der Waals surface area contributed by atoms with Gasteiger partial charge in [-0.1, -0.05) is 5.21 Å². The van der Waals surface area contributed by atoms with Crippen molar-refractivity contribution in [2.45, 2.75) is 0 Å². The molecule has 5 nitrogen and oxygen atoms in total. The summed E-state index contributed by atoms with van der Waals surface area (Å²) in [5.41, 5.74) is 1.25. The van der Waals surface area contributed by atoms with E-state index in [9.17, 15) is 19.0 Å². The van der Waals surface area contributed by atoms with Crippen molar-refractivity contribution in [3.05, 3.63) is 54.2 Å². The molecule has 21 heavy (non-hydrogen) atoms. The summed E-state index contributed by atoms with van der Waals surface area (Å²) in [5.74, 6) is -2.45. The molecular weight excluding hydrogens is 280 g/mol. The minimum Gasteiger partial charge on any atom is -0.504 e. The van der Waals surface area contributed by atoms with Crippen LogP contribution in [0, 0.1) is 11.6 Å². The highest BCUT2D eigenvalue weighted by Gasteiger charge is 2.09. The fraction of sp³-hybridized carbons (Fsp3) is 0. The number of phenolic OH excluding ortho intramolecular Hbond substituents is 2. The maximum atomic E-state index is 13.2. The lowest BCUT2D eigenvalue weighted by Crippen LogP contribution is -1.96. The largest absolute Gasteiger partial charge is 0.504 e. The standard InChI is InChI=1S/C14H9F2N3O2/c15-10-3-2-9(6-11(10)16)19-7-12(17-18-19)8-1-4-13(20)14(21)5-8/h1-7,20-21H. The molecule has 0 spiro atoms. The number of benzene rings is 2. The van der Waals surface area contributed by atoms with E-state index in [-0.39, 0.29) is 11.5 Å². The summed E-state index contributed by atoms with van der Waals surface area (Å²) >= 11 is 0. The summed E-state index contributed by atoms with van der Waals surface area (Å²) in [5, 5.41) is 26.4. The zero-order valence-electron chi connectivity index (χ0n) is 10.5. The van der Waals surface area contributed by atoms with Gasteiger partial charge in [0.1, 0.15) is 5.69 Å². The van der Waals surface area contributed by atoms with E-state index in [1.54, 1.807) is 6.07 Å². The fourth-order valence-corrected chi connectivity index (χ4v) is 1.83. The van der Waals surface area contributed by atoms with Crippen molar-refractivity contribution < 1.29 is 19.0 Å². The number of aromatic nitrogens is 3. The van der Waals surface area contributed by atoms with E-state index in [1.807, 2.05) is 0 Å². The number of phenols is 2. The highest BCUT2D eigenvalue weighted by Crippen LogP contribution is 2.29. The van der Waals surface area contributed by atoms with Crippen molar-refractivity contribution in [2.75, 3.05) is 0 Å². The summed E-state index contributed by atoms with van der Waals surface area (Å²) in [4.78, 5) is 0. The van der Waals surface area contributed by atoms with Crippen molar-refractivity contribution in [2.24, 2.45) is 0 Å². The zero-order valence-corrected chi connectivity index (χ0v) is 10.5. The van der Waals surface area contributed by atoms with Gasteiger partial charge in [0, 0.05) is 11.6 Å². The zero-order chi connectivity index (χ0) is 15.0. The molecule has 106 valence electrons. The van der Waals surface area contributed by atoms with Gasteiger partial charge in [-0.15, -0.1) is 5.10 Å². The molecule has 0 fully saturated rings. The number of halogens is 2. The Morgan fingerprint density at radius 3 is 2.43 bits per heavy atom. The highest BCUT2D eigenvalue weighted by molar-refractivity contribution is 5.62. The maximum Gasteiger partial charge on any atom is 0.160 e. The molecule has 1 heterocycles. The fourth-order valence-electron chi connectivity index (χ4n) is 1.83. The van der Waals surface area contributed by atoms with Gasteiger partial charge in [-0.05, 0) is 30.3 Å². The van der Waals surface area contributed by atoms with Crippen LogP contribution in [0.4, 0.5) is 8.78 Å². The van der Waals surface area contributed by atoms with E-state index in [2.05, 4.69) is 10.3 Å². The molecule has 2 N–H and O–H groups in total. The third-order valence-electron chi connectivity index (χ3n) is 2.93. The molecule has 0 amide bonds. The van der Waals surface area contributed by atoms with Crippen LogP contribution in [-0.4, -0.2) is 25.2 Å². The van der Waals surface area contributed by atoms with Gasteiger partial charge in [0.25, 0.3) is 0 Å². The van der Waals surface area contributed by atoms with Gasteiger partial charge in [-0.3, -0.25) is 0 Å². The molecule has 0 atom stereocenters. The molecule has 0 saturated carbocycles. The summed E-state index contributed by atoms with van der Waals surface area (Å²) in [7, 11) is 0. The minimum atomic E-state index is -0.980. The molecule has 0 radical (unpaired) electrons. The Balaban J connectivity index is 1.99. The van der Waals surface area contributed by atoms with Crippen molar-refractivity contribution in [1.82, 2.24) is 15.0 Å². The van der Waals surface area contributed by atoms with Gasteiger partial charge >= 0.3 is 0 Å². The van der Waals surface area contributed by atoms with E-state index >= 15 is 0 Å². The van der Waals surface area contributed by atoms with E-state index < -0.39 is 11.6 Å². The van der Waals surface area contributed by atoms with Crippen LogP contribution in [0.5, 0.6) is 11.5 Å². The van der Waals surface area contributed by atoms with Gasteiger partial charge in [-0.2, -0.15) is 0 Å². The molecule has 0 aliphatic heterocycles. The van der Waals surface area contributed by atoms with Crippen LogP contribution in [-0.2, 0) is 0 Å². The third kappa shape index (κ3) is 2.40. The molecule has 7 heteroatoms. The Morgan fingerprint density at radius 2 is 1.71 bits per heavy atom. The number of hydrogen-bond donors (Lipinski definition) is 2. The number of nitrogens with zero attached hydrogens (tertiary/aromatic N) is 3. The lowest BCUT2D eigenvalue weighted by atomic mass is 10.1. The van der Waals surface area contributed by atoms with Crippen LogP contribution in [0.3, 0.4) is 0 Å². The Labute approximate surface area is 117 Å². The lowest BCUT2D eigenvalue weighted by molar-refractivity contribution is 0.404. The predicted octanol–water partition coefficient (Wildman–Crippen LogP) is 2.62. The molecular formula is C14H9F2N3O2. The SMILES string of the molecule is Oc1ccc(-c2cn(-c3ccc(F)c(F)c3)nn2)cc1O. The van der Waals surface area contributed by atoms with Crippen LogP contribution in [0.2, 0.25) is 0 Å². The molecule has 2 aromatic carbocycles. The Bertz CT molecular complexity index is 752. The van der Waals surface area contributed by atoms with E-state index in [0.29, 0.717) is 16.9 Å². The first kappa shape index (κ1) is 13.0. The van der Waals surface area contributed by atoms with Crippen LogP contribution in [0.15, 0.2) is 42.6 Å². The van der Waals surface area contributed by atoms with Gasteiger partial charge in [0.2, 0.25) is 0 Å². The van der Waals surface area contributed by atoms with Gasteiger partial charge < -0.3 is 10.2 Å². The second kappa shape index (κ2) is 4.86.